The number of aromatic nitrogens is 6. The van der Waals surface area contributed by atoms with E-state index in [2.05, 4.69) is 29.9 Å². The predicted molar refractivity (Wildman–Crippen MR) is 218 cm³/mol. The Hall–Kier alpha value is -7.44. The first-order valence-electron chi connectivity index (χ1n) is 17.2. The number of para-hydroxylation sites is 2. The smallest absolute Gasteiger partial charge is 0.427 e. The first-order valence-corrected chi connectivity index (χ1v) is 19.2. The largest absolute Gasteiger partial charge is 0.497 e. The van der Waals surface area contributed by atoms with Gasteiger partial charge in [0.2, 0.25) is 0 Å². The van der Waals surface area contributed by atoms with Crippen LogP contribution in [0, 0.1) is 0 Å². The summed E-state index contributed by atoms with van der Waals surface area (Å²) in [6, 6.07) is 31.8. The van der Waals surface area contributed by atoms with Crippen molar-refractivity contribution in [1.82, 2.24) is 29.9 Å². The van der Waals surface area contributed by atoms with Gasteiger partial charge in [0, 0.05) is 53.4 Å². The second-order valence-corrected chi connectivity index (χ2v) is 13.9. The number of hydrogen-bond acceptors (Lipinski definition) is 13. The fraction of sp³-hybridized carbons (Fsp3) is 0.0714. The van der Waals surface area contributed by atoms with Crippen molar-refractivity contribution >= 4 is 41.1 Å². The van der Waals surface area contributed by atoms with Gasteiger partial charge in [-0.05, 0) is 60.7 Å². The number of carbonyl (C=O) groups is 1. The molecule has 0 saturated carbocycles. The van der Waals surface area contributed by atoms with Gasteiger partial charge in [0.15, 0.2) is 0 Å². The SMILES string of the molecule is COc1ccnc(-c2cc(C(=O)O)c3ccncc3n2)c1.COc1ccnc(-c2cc(N)c3ccncc3n2)c1.CP(=O)(Oc1ccccc1)Oc1ccccc1. The molecule has 14 nitrogen and oxygen atoms in total. The van der Waals surface area contributed by atoms with Crippen LogP contribution in [0.3, 0.4) is 0 Å². The maximum Gasteiger partial charge on any atom is 0.427 e. The number of nitrogens with two attached hydrogens (primary N) is 1. The topological polar surface area (TPSA) is 195 Å². The molecule has 0 fully saturated rings. The van der Waals surface area contributed by atoms with E-state index in [0.717, 1.165) is 22.3 Å². The van der Waals surface area contributed by atoms with E-state index in [1.54, 1.807) is 93.7 Å². The van der Waals surface area contributed by atoms with Crippen LogP contribution in [-0.4, -0.2) is 61.9 Å². The quantitative estimate of drug-likeness (QED) is 0.132. The monoisotopic (exact) mass is 781 g/mol. The molecule has 0 radical (unpaired) electrons. The molecule has 0 aliphatic heterocycles. The molecule has 8 aromatic rings. The third kappa shape index (κ3) is 10.4. The Bertz CT molecular complexity index is 2630. The average Bonchev–Trinajstić information content (AvgIpc) is 3.24. The number of pyridine rings is 6. The highest BCUT2D eigenvalue weighted by Crippen LogP contribution is 2.44. The van der Waals surface area contributed by atoms with Crippen molar-refractivity contribution < 1.29 is 33.0 Å². The van der Waals surface area contributed by atoms with Gasteiger partial charge >= 0.3 is 13.6 Å². The van der Waals surface area contributed by atoms with Gasteiger partial charge in [-0.2, -0.15) is 0 Å². The molecule has 286 valence electrons. The van der Waals surface area contributed by atoms with E-state index in [4.69, 9.17) is 24.3 Å². The number of nitrogens with zero attached hydrogens (tertiary/aromatic N) is 6. The number of benzene rings is 2. The van der Waals surface area contributed by atoms with Gasteiger partial charge in [0.25, 0.3) is 0 Å². The summed E-state index contributed by atoms with van der Waals surface area (Å²) in [4.78, 5) is 36.9. The molecule has 0 bridgehead atoms. The number of methoxy groups -OCH3 is 2. The maximum absolute atomic E-state index is 12.1. The zero-order valence-corrected chi connectivity index (χ0v) is 31.9. The molecule has 2 aromatic carbocycles. The van der Waals surface area contributed by atoms with Crippen molar-refractivity contribution in [3.8, 4) is 45.8 Å². The van der Waals surface area contributed by atoms with E-state index >= 15 is 0 Å². The summed E-state index contributed by atoms with van der Waals surface area (Å²) < 4.78 is 33.1. The number of carboxylic acids is 1. The number of fused-ring (bicyclic) bond motifs is 2. The molecule has 0 amide bonds. The molecule has 8 rings (SSSR count). The van der Waals surface area contributed by atoms with Crippen LogP contribution in [0.4, 0.5) is 5.69 Å². The fourth-order valence-corrected chi connectivity index (χ4v) is 6.39. The number of carboxylic acid groups (broad SMARTS) is 1. The summed E-state index contributed by atoms with van der Waals surface area (Å²) in [5.41, 5.74) is 10.6. The van der Waals surface area contributed by atoms with E-state index in [9.17, 15) is 14.5 Å². The van der Waals surface area contributed by atoms with Crippen molar-refractivity contribution in [2.24, 2.45) is 0 Å². The Labute approximate surface area is 327 Å². The number of hydrogen-bond donors (Lipinski definition) is 2. The van der Waals surface area contributed by atoms with Crippen LogP contribution < -0.4 is 24.3 Å². The second kappa shape index (κ2) is 18.3. The molecule has 0 spiro atoms. The van der Waals surface area contributed by atoms with Crippen molar-refractivity contribution in [2.45, 2.75) is 0 Å². The molecule has 0 aliphatic carbocycles. The van der Waals surface area contributed by atoms with Crippen molar-refractivity contribution in [3.63, 3.8) is 0 Å². The molecule has 6 aromatic heterocycles. The van der Waals surface area contributed by atoms with Crippen LogP contribution in [0.5, 0.6) is 23.0 Å². The lowest BCUT2D eigenvalue weighted by molar-refractivity contribution is 0.0699. The number of anilines is 1. The highest BCUT2D eigenvalue weighted by Gasteiger charge is 2.20. The minimum Gasteiger partial charge on any atom is -0.497 e. The Morgan fingerprint density at radius 1 is 0.596 bits per heavy atom. The Balaban J connectivity index is 0.000000145. The molecule has 57 heavy (non-hydrogen) atoms. The van der Waals surface area contributed by atoms with Crippen LogP contribution in [0.2, 0.25) is 0 Å². The standard InChI is InChI=1S/C15H11N3O3.C14H12N4O.C13H13O3P/c1-21-9-2-5-17-12(6-9)13-7-11(15(19)20)10-3-4-16-8-14(10)18-13;1-19-9-2-5-17-12(6-9)13-7-11(15)10-3-4-16-8-14(10)18-13;1-17(14,15-12-8-4-2-5-9-12)16-13-10-6-3-7-11-13/h2-8H,1H3,(H,19,20);2-8H,1H3,(H2,15,18);2-11H,1H3. The van der Waals surface area contributed by atoms with Crippen molar-refractivity contribution in [1.29, 1.82) is 0 Å². The minimum atomic E-state index is -3.14. The second-order valence-electron chi connectivity index (χ2n) is 12.0. The summed E-state index contributed by atoms with van der Waals surface area (Å²) in [5.74, 6) is 1.42. The highest BCUT2D eigenvalue weighted by molar-refractivity contribution is 7.53. The molecule has 6 heterocycles. The maximum atomic E-state index is 12.1. The number of aromatic carboxylic acids is 1. The predicted octanol–water partition coefficient (Wildman–Crippen LogP) is 8.65. The summed E-state index contributed by atoms with van der Waals surface area (Å²) in [6.45, 7) is 1.45. The molecule has 3 N–H and O–H groups in total. The van der Waals surface area contributed by atoms with E-state index < -0.39 is 13.6 Å². The molecular weight excluding hydrogens is 745 g/mol. The van der Waals surface area contributed by atoms with Gasteiger partial charge in [-0.25, -0.2) is 19.3 Å². The van der Waals surface area contributed by atoms with Gasteiger partial charge in [0.05, 0.1) is 72.7 Å². The van der Waals surface area contributed by atoms with Gasteiger partial charge < -0.3 is 29.4 Å². The third-order valence-corrected chi connectivity index (χ3v) is 9.06. The lowest BCUT2D eigenvalue weighted by Crippen LogP contribution is -2.01. The lowest BCUT2D eigenvalue weighted by Gasteiger charge is -2.15. The number of nitrogen functional groups attached to an aromatic ring is 1. The Morgan fingerprint density at radius 3 is 1.56 bits per heavy atom. The van der Waals surface area contributed by atoms with Crippen LogP contribution in [-0.2, 0) is 4.57 Å². The van der Waals surface area contributed by atoms with E-state index in [1.807, 2.05) is 54.6 Å². The molecule has 0 unspecified atom stereocenters. The fourth-order valence-electron chi connectivity index (χ4n) is 5.35. The Kier molecular flexibility index (Phi) is 12.6. The van der Waals surface area contributed by atoms with Crippen LogP contribution in [0.1, 0.15) is 10.4 Å². The van der Waals surface area contributed by atoms with Gasteiger partial charge in [-0.3, -0.25) is 19.9 Å². The summed E-state index contributed by atoms with van der Waals surface area (Å²) in [6.07, 6.45) is 9.73. The molecule has 0 aliphatic rings. The number of rotatable bonds is 9. The minimum absolute atomic E-state index is 0.169. The Morgan fingerprint density at radius 2 is 1.07 bits per heavy atom. The van der Waals surface area contributed by atoms with E-state index in [1.165, 1.54) is 18.9 Å². The van der Waals surface area contributed by atoms with E-state index in [0.29, 0.717) is 50.9 Å². The summed E-state index contributed by atoms with van der Waals surface area (Å²) in [5, 5.41) is 10.8. The van der Waals surface area contributed by atoms with Crippen molar-refractivity contribution in [2.75, 3.05) is 26.6 Å². The van der Waals surface area contributed by atoms with Crippen LogP contribution in [0.25, 0.3) is 44.6 Å². The van der Waals surface area contributed by atoms with Crippen LogP contribution >= 0.6 is 7.60 Å². The number of ether oxygens (including phenoxy) is 2. The molecule has 0 saturated heterocycles. The third-order valence-electron chi connectivity index (χ3n) is 7.97. The lowest BCUT2D eigenvalue weighted by atomic mass is 10.1. The zero-order chi connectivity index (χ0) is 40.2. The van der Waals surface area contributed by atoms with Crippen LogP contribution in [0.15, 0.2) is 146 Å². The summed E-state index contributed by atoms with van der Waals surface area (Å²) >= 11 is 0. The molecule has 0 atom stereocenters. The molecular formula is C42H36N7O7P. The molecule has 15 heteroatoms. The average molecular weight is 782 g/mol. The summed E-state index contributed by atoms with van der Waals surface area (Å²) in [7, 11) is 0.0350. The zero-order valence-electron chi connectivity index (χ0n) is 31.0. The first kappa shape index (κ1) is 39.3. The van der Waals surface area contributed by atoms with Gasteiger partial charge in [-0.15, -0.1) is 0 Å². The van der Waals surface area contributed by atoms with Gasteiger partial charge in [-0.1, -0.05) is 36.4 Å². The normalized spacial score (nSPS) is 10.6. The van der Waals surface area contributed by atoms with Crippen molar-refractivity contribution in [3.05, 3.63) is 152 Å². The van der Waals surface area contributed by atoms with E-state index in [-0.39, 0.29) is 5.56 Å². The van der Waals surface area contributed by atoms with Gasteiger partial charge in [0.1, 0.15) is 23.0 Å². The highest BCUT2D eigenvalue weighted by atomic mass is 31.2. The first-order chi connectivity index (χ1) is 27.6.